The number of carbonyl (C=O) groups is 1. The molecule has 0 saturated carbocycles. The van der Waals surface area contributed by atoms with Crippen LogP contribution in [0.3, 0.4) is 0 Å². The van der Waals surface area contributed by atoms with Crippen molar-refractivity contribution in [2.24, 2.45) is 5.10 Å². The van der Waals surface area contributed by atoms with E-state index in [1.807, 2.05) is 30.3 Å². The normalized spacial score (nSPS) is 11.6. The van der Waals surface area contributed by atoms with Gasteiger partial charge in [0.2, 0.25) is 0 Å². The van der Waals surface area contributed by atoms with Crippen LogP contribution in [0.5, 0.6) is 0 Å². The van der Waals surface area contributed by atoms with Gasteiger partial charge in [-0.1, -0.05) is 48.0 Å². The Hall–Kier alpha value is -3.33. The number of halogens is 4. The van der Waals surface area contributed by atoms with E-state index < -0.39 is 17.6 Å². The Morgan fingerprint density at radius 2 is 1.94 bits per heavy atom. The van der Waals surface area contributed by atoms with Crippen molar-refractivity contribution in [2.75, 3.05) is 11.9 Å². The van der Waals surface area contributed by atoms with Gasteiger partial charge in [-0.05, 0) is 30.7 Å². The predicted molar refractivity (Wildman–Crippen MR) is 113 cm³/mol. The Kier molecular flexibility index (Phi) is 6.96. The molecule has 0 aliphatic heterocycles. The van der Waals surface area contributed by atoms with Gasteiger partial charge in [0.25, 0.3) is 5.91 Å². The number of hydrazone groups is 1. The van der Waals surface area contributed by atoms with Crippen LogP contribution < -0.4 is 10.7 Å². The number of rotatable bonds is 7. The number of anilines is 1. The highest BCUT2D eigenvalue weighted by Gasteiger charge is 2.30. The molecule has 0 unspecified atom stereocenters. The second-order valence-electron chi connectivity index (χ2n) is 6.66. The highest BCUT2D eigenvalue weighted by molar-refractivity contribution is 6.32. The minimum atomic E-state index is -4.45. The number of aryl methyl sites for hydroxylation is 1. The highest BCUT2D eigenvalue weighted by atomic mass is 35.5. The monoisotopic (exact) mass is 449 g/mol. The van der Waals surface area contributed by atoms with Crippen LogP contribution in [0.4, 0.5) is 18.9 Å². The van der Waals surface area contributed by atoms with Gasteiger partial charge in [0.15, 0.2) is 0 Å². The molecule has 0 saturated heterocycles. The summed E-state index contributed by atoms with van der Waals surface area (Å²) < 4.78 is 39.8. The first kappa shape index (κ1) is 22.4. The minimum absolute atomic E-state index is 0.176. The summed E-state index contributed by atoms with van der Waals surface area (Å²) in [5.74, 6) is -0.529. The lowest BCUT2D eigenvalue weighted by Crippen LogP contribution is -2.26. The molecule has 6 nitrogen and oxygen atoms in total. The average Bonchev–Trinajstić information content (AvgIpc) is 3.00. The molecule has 1 amide bonds. The molecule has 0 aliphatic carbocycles. The van der Waals surface area contributed by atoms with Crippen molar-refractivity contribution in [2.45, 2.75) is 19.6 Å². The molecule has 10 heteroatoms. The maximum absolute atomic E-state index is 12.7. The largest absolute Gasteiger partial charge is 0.416 e. The zero-order valence-electron chi connectivity index (χ0n) is 16.4. The Morgan fingerprint density at radius 3 is 2.65 bits per heavy atom. The van der Waals surface area contributed by atoms with Gasteiger partial charge in [0.05, 0.1) is 36.1 Å². The molecule has 2 aromatic carbocycles. The molecule has 0 fully saturated rings. The van der Waals surface area contributed by atoms with Crippen molar-refractivity contribution in [3.05, 3.63) is 82.1 Å². The summed E-state index contributed by atoms with van der Waals surface area (Å²) in [6.45, 7) is 2.01. The molecule has 0 bridgehead atoms. The van der Waals surface area contributed by atoms with E-state index in [0.29, 0.717) is 23.0 Å². The third-order valence-electron chi connectivity index (χ3n) is 4.31. The fourth-order valence-corrected chi connectivity index (χ4v) is 3.05. The Morgan fingerprint density at radius 1 is 1.19 bits per heavy atom. The number of aromatic nitrogens is 2. The van der Waals surface area contributed by atoms with Crippen molar-refractivity contribution in [3.8, 4) is 0 Å². The molecule has 0 spiro atoms. The lowest BCUT2D eigenvalue weighted by Gasteiger charge is -2.10. The third-order valence-corrected chi connectivity index (χ3v) is 4.71. The zero-order chi connectivity index (χ0) is 22.4. The molecule has 2 N–H and O–H groups in total. The van der Waals surface area contributed by atoms with Crippen LogP contribution in [0, 0.1) is 6.92 Å². The van der Waals surface area contributed by atoms with Crippen molar-refractivity contribution >= 4 is 29.4 Å². The second kappa shape index (κ2) is 9.65. The van der Waals surface area contributed by atoms with Gasteiger partial charge in [0.1, 0.15) is 5.15 Å². The maximum Gasteiger partial charge on any atom is 0.416 e. The molecule has 1 aromatic heterocycles. The number of carbonyl (C=O) groups excluding carboxylic acids is 1. The van der Waals surface area contributed by atoms with Gasteiger partial charge < -0.3 is 5.32 Å². The molecule has 0 radical (unpaired) electrons. The molecule has 3 aromatic rings. The number of hydrogen-bond acceptors (Lipinski definition) is 4. The summed E-state index contributed by atoms with van der Waals surface area (Å²) in [6, 6.07) is 14.3. The zero-order valence-corrected chi connectivity index (χ0v) is 17.2. The number of amides is 1. The number of nitrogens with one attached hydrogen (secondary N) is 2. The maximum atomic E-state index is 12.7. The number of nitrogens with zero attached hydrogens (tertiary/aromatic N) is 3. The average molecular weight is 450 g/mol. The van der Waals surface area contributed by atoms with E-state index in [1.54, 1.807) is 11.6 Å². The molecule has 0 aliphatic rings. The number of alkyl halides is 3. The van der Waals surface area contributed by atoms with Gasteiger partial charge in [-0.15, -0.1) is 0 Å². The van der Waals surface area contributed by atoms with Gasteiger partial charge in [0, 0.05) is 5.69 Å². The molecule has 31 heavy (non-hydrogen) atoms. The quantitative estimate of drug-likeness (QED) is 0.413. The van der Waals surface area contributed by atoms with E-state index >= 15 is 0 Å². The molecule has 1 heterocycles. The van der Waals surface area contributed by atoms with Crippen LogP contribution in [0.25, 0.3) is 0 Å². The molecule has 3 rings (SSSR count). The predicted octanol–water partition coefficient (Wildman–Crippen LogP) is 4.47. The first-order valence-corrected chi connectivity index (χ1v) is 9.61. The van der Waals surface area contributed by atoms with Crippen molar-refractivity contribution in [1.82, 2.24) is 15.2 Å². The topological polar surface area (TPSA) is 71.3 Å². The van der Waals surface area contributed by atoms with E-state index in [9.17, 15) is 18.0 Å². The van der Waals surface area contributed by atoms with Gasteiger partial charge in [-0.2, -0.15) is 23.4 Å². The Bertz CT molecular complexity index is 1080. The van der Waals surface area contributed by atoms with E-state index in [2.05, 4.69) is 20.9 Å². The Labute approximate surface area is 181 Å². The van der Waals surface area contributed by atoms with Gasteiger partial charge in [-0.3, -0.25) is 4.79 Å². The summed E-state index contributed by atoms with van der Waals surface area (Å²) in [7, 11) is 0. The molecule has 162 valence electrons. The summed E-state index contributed by atoms with van der Waals surface area (Å²) in [6.07, 6.45) is -3.07. The molecular formula is C21H19ClF3N5O. The Balaban J connectivity index is 1.56. The lowest BCUT2D eigenvalue weighted by molar-refractivity contribution is -0.137. The number of hydrogen-bond donors (Lipinski definition) is 2. The second-order valence-corrected chi connectivity index (χ2v) is 7.02. The molecule has 0 atom stereocenters. The van der Waals surface area contributed by atoms with Crippen LogP contribution in [0.15, 0.2) is 59.7 Å². The van der Waals surface area contributed by atoms with Crippen molar-refractivity contribution in [3.63, 3.8) is 0 Å². The lowest BCUT2D eigenvalue weighted by atomic mass is 10.2. The summed E-state index contributed by atoms with van der Waals surface area (Å²) in [5, 5.41) is 11.3. The van der Waals surface area contributed by atoms with Gasteiger partial charge >= 0.3 is 6.18 Å². The van der Waals surface area contributed by atoms with E-state index in [-0.39, 0.29) is 12.2 Å². The van der Waals surface area contributed by atoms with Crippen LogP contribution in [-0.4, -0.2) is 28.4 Å². The van der Waals surface area contributed by atoms with E-state index in [0.717, 1.165) is 17.7 Å². The van der Waals surface area contributed by atoms with E-state index in [1.165, 1.54) is 18.3 Å². The number of benzene rings is 2. The first-order chi connectivity index (χ1) is 14.7. The van der Waals surface area contributed by atoms with Gasteiger partial charge in [-0.25, -0.2) is 10.1 Å². The van der Waals surface area contributed by atoms with Crippen LogP contribution in [0.1, 0.15) is 22.4 Å². The highest BCUT2D eigenvalue weighted by Crippen LogP contribution is 2.30. The van der Waals surface area contributed by atoms with Crippen molar-refractivity contribution in [1.29, 1.82) is 0 Å². The minimum Gasteiger partial charge on any atom is -0.376 e. The standard InChI is InChI=1S/C21H19ClF3N5O/c1-14-18(20(22)30(29-14)13-15-6-3-2-4-7-15)11-27-28-19(31)12-26-17-9-5-8-16(10-17)21(23,24)25/h2-11,26H,12-13H2,1H3,(H,28,31). The fraction of sp³-hybridized carbons (Fsp3) is 0.190. The van der Waals surface area contributed by atoms with Crippen molar-refractivity contribution < 1.29 is 18.0 Å². The van der Waals surface area contributed by atoms with Crippen LogP contribution >= 0.6 is 11.6 Å². The van der Waals surface area contributed by atoms with E-state index in [4.69, 9.17) is 11.6 Å². The molecular weight excluding hydrogens is 431 g/mol. The van der Waals surface area contributed by atoms with Crippen LogP contribution in [0.2, 0.25) is 5.15 Å². The smallest absolute Gasteiger partial charge is 0.376 e. The fourth-order valence-electron chi connectivity index (χ4n) is 2.77. The summed E-state index contributed by atoms with van der Waals surface area (Å²) >= 11 is 6.38. The SMILES string of the molecule is Cc1nn(Cc2ccccc2)c(Cl)c1C=NNC(=O)CNc1cccc(C(F)(F)F)c1. The van der Waals surface area contributed by atoms with Crippen LogP contribution in [-0.2, 0) is 17.5 Å². The third kappa shape index (κ3) is 6.08. The summed E-state index contributed by atoms with van der Waals surface area (Å²) in [5.41, 5.74) is 3.92. The summed E-state index contributed by atoms with van der Waals surface area (Å²) in [4.78, 5) is 11.9. The first-order valence-electron chi connectivity index (χ1n) is 9.24.